The van der Waals surface area contributed by atoms with Crippen LogP contribution >= 0.6 is 0 Å². The summed E-state index contributed by atoms with van der Waals surface area (Å²) in [6.07, 6.45) is 4.24. The topological polar surface area (TPSA) is 9.23 Å². The molecule has 2 rings (SSSR count). The van der Waals surface area contributed by atoms with Crippen molar-refractivity contribution in [1.82, 2.24) is 0 Å². The Bertz CT molecular complexity index is 138. The van der Waals surface area contributed by atoms with Gasteiger partial charge >= 0.3 is 0 Å². The lowest BCUT2D eigenvalue weighted by Crippen LogP contribution is -1.99. The summed E-state index contributed by atoms with van der Waals surface area (Å²) in [6, 6.07) is 0. The lowest BCUT2D eigenvalue weighted by molar-refractivity contribution is 0.215. The molecule has 2 saturated carbocycles. The van der Waals surface area contributed by atoms with Crippen molar-refractivity contribution in [2.45, 2.75) is 26.2 Å². The van der Waals surface area contributed by atoms with Crippen LogP contribution in [-0.2, 0) is 4.74 Å². The highest BCUT2D eigenvalue weighted by molar-refractivity contribution is 5.23. The van der Waals surface area contributed by atoms with E-state index in [0.29, 0.717) is 5.41 Å². The van der Waals surface area contributed by atoms with Gasteiger partial charge in [0.1, 0.15) is 0 Å². The van der Waals surface area contributed by atoms with Crippen molar-refractivity contribution < 1.29 is 4.74 Å². The van der Waals surface area contributed by atoms with Gasteiger partial charge in [-0.1, -0.05) is 6.92 Å². The van der Waals surface area contributed by atoms with Crippen LogP contribution in [0.4, 0.5) is 0 Å². The summed E-state index contributed by atoms with van der Waals surface area (Å²) in [5.41, 5.74) is 1.19. The Morgan fingerprint density at radius 2 is 2.11 bits per heavy atom. The number of methoxy groups -OCH3 is 1. The molecular formula is C8H13O. The van der Waals surface area contributed by atoms with Crippen LogP contribution in [0.15, 0.2) is 0 Å². The van der Waals surface area contributed by atoms with Crippen LogP contribution in [0.2, 0.25) is 0 Å². The summed E-state index contributed by atoms with van der Waals surface area (Å²) in [4.78, 5) is 0. The van der Waals surface area contributed by atoms with Gasteiger partial charge in [-0.2, -0.15) is 0 Å². The quantitative estimate of drug-likeness (QED) is 0.548. The van der Waals surface area contributed by atoms with Gasteiger partial charge in [0.15, 0.2) is 0 Å². The molecule has 1 nitrogen and oxygen atoms in total. The van der Waals surface area contributed by atoms with E-state index in [1.54, 1.807) is 7.11 Å². The third kappa shape index (κ3) is 0.586. The van der Waals surface area contributed by atoms with E-state index in [1.165, 1.54) is 19.3 Å². The molecule has 0 aliphatic heterocycles. The summed E-state index contributed by atoms with van der Waals surface area (Å²) in [5, 5.41) is 0. The van der Waals surface area contributed by atoms with Crippen LogP contribution in [0.25, 0.3) is 0 Å². The molecule has 0 aromatic rings. The second-order valence-electron chi connectivity index (χ2n) is 3.73. The average Bonchev–Trinajstić information content (AvgIpc) is 2.56. The minimum absolute atomic E-state index is 0.460. The largest absolute Gasteiger partial charge is 0.378 e. The third-order valence-corrected chi connectivity index (χ3v) is 3.02. The maximum absolute atomic E-state index is 5.02. The molecule has 2 fully saturated rings. The summed E-state index contributed by atoms with van der Waals surface area (Å²) >= 11 is 0. The predicted molar refractivity (Wildman–Crippen MR) is 35.7 cm³/mol. The highest BCUT2D eigenvalue weighted by atomic mass is 16.5. The summed E-state index contributed by atoms with van der Waals surface area (Å²) < 4.78 is 5.02. The van der Waals surface area contributed by atoms with E-state index < -0.39 is 0 Å². The maximum Gasteiger partial charge on any atom is 0.0897 e. The van der Waals surface area contributed by atoms with Crippen molar-refractivity contribution in [2.24, 2.45) is 10.8 Å². The molecule has 1 heteroatoms. The Hall–Kier alpha value is -0.0400. The smallest absolute Gasteiger partial charge is 0.0897 e. The van der Waals surface area contributed by atoms with Crippen LogP contribution in [0.1, 0.15) is 26.2 Å². The molecule has 0 N–H and O–H groups in total. The van der Waals surface area contributed by atoms with Gasteiger partial charge in [-0.25, -0.2) is 0 Å². The molecule has 0 amide bonds. The second-order valence-corrected chi connectivity index (χ2v) is 3.73. The van der Waals surface area contributed by atoms with Gasteiger partial charge in [0.2, 0.25) is 0 Å². The van der Waals surface area contributed by atoms with Gasteiger partial charge in [-0.15, -0.1) is 0 Å². The standard InChI is InChI=1S/C8H13O/c1-7(6-9-2)5-8(7)3-4-8/h6H,3-5H2,1-2H3. The van der Waals surface area contributed by atoms with Crippen molar-refractivity contribution in [2.75, 3.05) is 7.11 Å². The van der Waals surface area contributed by atoms with Crippen molar-refractivity contribution in [1.29, 1.82) is 0 Å². The molecular weight excluding hydrogens is 112 g/mol. The molecule has 0 aromatic heterocycles. The number of ether oxygens (including phenoxy) is 1. The van der Waals surface area contributed by atoms with Crippen molar-refractivity contribution in [3.8, 4) is 0 Å². The van der Waals surface area contributed by atoms with Gasteiger partial charge < -0.3 is 4.74 Å². The Labute approximate surface area is 56.4 Å². The first-order valence-electron chi connectivity index (χ1n) is 3.60. The Morgan fingerprint density at radius 3 is 2.44 bits per heavy atom. The van der Waals surface area contributed by atoms with E-state index in [2.05, 4.69) is 6.92 Å². The van der Waals surface area contributed by atoms with Crippen LogP contribution in [-0.4, -0.2) is 7.11 Å². The van der Waals surface area contributed by atoms with E-state index in [0.717, 1.165) is 5.41 Å². The number of hydrogen-bond donors (Lipinski definition) is 0. The zero-order valence-electron chi connectivity index (χ0n) is 6.11. The summed E-state index contributed by atoms with van der Waals surface area (Å²) in [7, 11) is 1.75. The molecule has 9 heavy (non-hydrogen) atoms. The molecule has 0 bridgehead atoms. The first kappa shape index (κ1) is 5.72. The molecule has 2 aliphatic carbocycles. The van der Waals surface area contributed by atoms with E-state index in [4.69, 9.17) is 4.74 Å². The highest BCUT2D eigenvalue weighted by Gasteiger charge is 2.71. The fourth-order valence-corrected chi connectivity index (χ4v) is 1.98. The monoisotopic (exact) mass is 125 g/mol. The van der Waals surface area contributed by atoms with Gasteiger partial charge in [0.25, 0.3) is 0 Å². The van der Waals surface area contributed by atoms with Gasteiger partial charge in [-0.3, -0.25) is 0 Å². The SMILES string of the molecule is CO[CH]C1(C)CC12CC2. The molecule has 1 spiro atoms. The predicted octanol–water partition coefficient (Wildman–Crippen LogP) is 1.98. The van der Waals surface area contributed by atoms with Crippen molar-refractivity contribution >= 4 is 0 Å². The number of hydrogen-bond acceptors (Lipinski definition) is 1. The molecule has 0 heterocycles. The lowest BCUT2D eigenvalue weighted by atomic mass is 10.1. The van der Waals surface area contributed by atoms with Gasteiger partial charge in [0, 0.05) is 12.5 Å². The van der Waals surface area contributed by atoms with Crippen LogP contribution < -0.4 is 0 Å². The molecule has 0 saturated heterocycles. The maximum atomic E-state index is 5.02. The van der Waals surface area contributed by atoms with Crippen molar-refractivity contribution in [3.05, 3.63) is 6.61 Å². The second kappa shape index (κ2) is 1.34. The fourth-order valence-electron chi connectivity index (χ4n) is 1.98. The zero-order chi connectivity index (χ0) is 6.54. The number of rotatable bonds is 2. The first-order valence-corrected chi connectivity index (χ1v) is 3.60. The minimum Gasteiger partial charge on any atom is -0.378 e. The molecule has 1 radical (unpaired) electrons. The van der Waals surface area contributed by atoms with Gasteiger partial charge in [-0.05, 0) is 24.7 Å². The summed E-state index contributed by atoms with van der Waals surface area (Å²) in [5.74, 6) is 0. The van der Waals surface area contributed by atoms with Crippen LogP contribution in [0.5, 0.6) is 0 Å². The lowest BCUT2D eigenvalue weighted by Gasteiger charge is -2.05. The Morgan fingerprint density at radius 1 is 1.44 bits per heavy atom. The summed E-state index contributed by atoms with van der Waals surface area (Å²) in [6.45, 7) is 4.31. The third-order valence-electron chi connectivity index (χ3n) is 3.02. The molecule has 1 atom stereocenters. The molecule has 51 valence electrons. The molecule has 2 aliphatic rings. The Kier molecular flexibility index (Phi) is 0.852. The van der Waals surface area contributed by atoms with E-state index in [-0.39, 0.29) is 0 Å². The van der Waals surface area contributed by atoms with Crippen LogP contribution in [0.3, 0.4) is 0 Å². The normalized spacial score (nSPS) is 43.3. The van der Waals surface area contributed by atoms with E-state index >= 15 is 0 Å². The average molecular weight is 125 g/mol. The first-order chi connectivity index (χ1) is 4.22. The molecule has 0 aromatic carbocycles. The van der Waals surface area contributed by atoms with Gasteiger partial charge in [0.05, 0.1) is 6.61 Å². The fraction of sp³-hybridized carbons (Fsp3) is 0.875. The van der Waals surface area contributed by atoms with Crippen LogP contribution in [0, 0.1) is 17.4 Å². The Balaban J connectivity index is 1.96. The molecule has 1 unspecified atom stereocenters. The van der Waals surface area contributed by atoms with E-state index in [1.807, 2.05) is 6.61 Å². The highest BCUT2D eigenvalue weighted by Crippen LogP contribution is 2.79. The zero-order valence-corrected chi connectivity index (χ0v) is 6.11. The van der Waals surface area contributed by atoms with E-state index in [9.17, 15) is 0 Å². The van der Waals surface area contributed by atoms with Crippen molar-refractivity contribution in [3.63, 3.8) is 0 Å². The minimum atomic E-state index is 0.460.